The fourth-order valence-corrected chi connectivity index (χ4v) is 9.17. The van der Waals surface area contributed by atoms with Gasteiger partial charge >= 0.3 is 0 Å². The summed E-state index contributed by atoms with van der Waals surface area (Å²) in [7, 11) is 0. The molecular weight excluding hydrogens is 829 g/mol. The van der Waals surface area contributed by atoms with Crippen LogP contribution in [0.25, 0.3) is 16.8 Å². The third-order valence-electron chi connectivity index (χ3n) is 12.8. The number of piperazine rings is 1. The average Bonchev–Trinajstić information content (AvgIpc) is 3.67. The van der Waals surface area contributed by atoms with Gasteiger partial charge in [0.15, 0.2) is 5.82 Å². The second kappa shape index (κ2) is 22.2. The maximum atomic E-state index is 13.2. The van der Waals surface area contributed by atoms with Crippen molar-refractivity contribution in [2.75, 3.05) is 50.8 Å². The number of ether oxygens (including phenoxy) is 1. The molecule has 1 unspecified atom stereocenters. The molecule has 3 amide bonds. The topological polar surface area (TPSA) is 166 Å². The number of amides is 3. The number of fused-ring (bicyclic) bond motifs is 1. The zero-order valence-corrected chi connectivity index (χ0v) is 38.0. The molecule has 1 atom stereocenters. The van der Waals surface area contributed by atoms with Crippen molar-refractivity contribution in [3.05, 3.63) is 148 Å². The Morgan fingerprint density at radius 1 is 0.833 bits per heavy atom. The first-order valence-corrected chi connectivity index (χ1v) is 23.5. The minimum absolute atomic E-state index is 0.166. The number of allylic oxidation sites excluding steroid dienone is 1. The molecule has 13 heteroatoms. The molecule has 344 valence electrons. The lowest BCUT2D eigenvalue weighted by atomic mass is 10.0. The Morgan fingerprint density at radius 3 is 2.36 bits per heavy atom. The first-order chi connectivity index (χ1) is 32.2. The number of benzene rings is 4. The predicted octanol–water partition coefficient (Wildman–Crippen LogP) is 6.62. The fraction of sp³-hybridized carbons (Fsp3) is 0.377. The first-order valence-electron chi connectivity index (χ1n) is 23.5. The Labute approximate surface area is 388 Å². The van der Waals surface area contributed by atoms with Gasteiger partial charge in [0.1, 0.15) is 24.2 Å². The van der Waals surface area contributed by atoms with Gasteiger partial charge in [0.2, 0.25) is 11.8 Å². The van der Waals surface area contributed by atoms with Gasteiger partial charge in [-0.25, -0.2) is 9.97 Å². The molecule has 0 spiro atoms. The highest BCUT2D eigenvalue weighted by atomic mass is 16.5. The van der Waals surface area contributed by atoms with E-state index in [4.69, 9.17) is 20.4 Å². The van der Waals surface area contributed by atoms with Crippen molar-refractivity contribution in [3.8, 4) is 17.0 Å². The summed E-state index contributed by atoms with van der Waals surface area (Å²) in [5.74, 6) is 1.22. The van der Waals surface area contributed by atoms with Gasteiger partial charge in [-0.1, -0.05) is 98.1 Å². The quantitative estimate of drug-likeness (QED) is 0.0491. The highest BCUT2D eigenvalue weighted by Crippen LogP contribution is 2.34. The van der Waals surface area contributed by atoms with E-state index < -0.39 is 11.9 Å². The molecule has 4 heterocycles. The van der Waals surface area contributed by atoms with Crippen molar-refractivity contribution >= 4 is 29.1 Å². The maximum Gasteiger partial charge on any atom is 0.255 e. The van der Waals surface area contributed by atoms with Crippen LogP contribution in [-0.4, -0.2) is 94.5 Å². The van der Waals surface area contributed by atoms with Crippen molar-refractivity contribution in [2.24, 2.45) is 5.73 Å². The highest BCUT2D eigenvalue weighted by molar-refractivity contribution is 6.05. The van der Waals surface area contributed by atoms with Crippen molar-refractivity contribution in [1.29, 1.82) is 0 Å². The van der Waals surface area contributed by atoms with Crippen LogP contribution in [0, 0.1) is 0 Å². The number of carbonyl (C=O) groups excluding carboxylic acids is 3. The molecule has 2 saturated heterocycles. The summed E-state index contributed by atoms with van der Waals surface area (Å²) in [6.45, 7) is 8.56. The zero-order valence-electron chi connectivity index (χ0n) is 38.0. The summed E-state index contributed by atoms with van der Waals surface area (Å²) in [5.41, 5.74) is 15.8. The number of aryl methyl sites for hydroxylation is 1. The molecule has 3 aliphatic heterocycles. The van der Waals surface area contributed by atoms with Gasteiger partial charge in [-0.15, -0.1) is 0 Å². The normalized spacial score (nSPS) is 16.9. The van der Waals surface area contributed by atoms with Crippen LogP contribution in [-0.2, 0) is 35.7 Å². The summed E-state index contributed by atoms with van der Waals surface area (Å²) >= 11 is 0. The summed E-state index contributed by atoms with van der Waals surface area (Å²) < 4.78 is 6.20. The van der Waals surface area contributed by atoms with Gasteiger partial charge in [-0.05, 0) is 79.6 Å². The Bertz CT molecular complexity index is 2500. The monoisotopic (exact) mass is 890 g/mol. The lowest BCUT2D eigenvalue weighted by Gasteiger charge is -2.35. The number of hydrogen-bond donors (Lipinski definition) is 4. The number of hydrogen-bond acceptors (Lipinski definition) is 11. The highest BCUT2D eigenvalue weighted by Gasteiger charge is 2.40. The van der Waals surface area contributed by atoms with Gasteiger partial charge in [0, 0.05) is 79.7 Å². The lowest BCUT2D eigenvalue weighted by Crippen LogP contribution is -2.52. The number of nitrogens with one attached hydrogen (secondary N) is 2. The van der Waals surface area contributed by atoms with Crippen molar-refractivity contribution in [1.82, 2.24) is 30.4 Å². The smallest absolute Gasteiger partial charge is 0.255 e. The maximum absolute atomic E-state index is 13.2. The third kappa shape index (κ3) is 11.5. The second-order valence-electron chi connectivity index (χ2n) is 17.6. The number of aliphatic hydroxyl groups excluding tert-OH is 1. The number of anilines is 1. The van der Waals surface area contributed by atoms with E-state index in [2.05, 4.69) is 87.2 Å². The molecule has 66 heavy (non-hydrogen) atoms. The number of rotatable bonds is 20. The number of imide groups is 1. The minimum Gasteiger partial charge on any atom is -0.489 e. The number of unbranched alkanes of at least 4 members (excludes halogenated alkanes) is 4. The van der Waals surface area contributed by atoms with Crippen LogP contribution in [0.15, 0.2) is 109 Å². The second-order valence-corrected chi connectivity index (χ2v) is 17.6. The Morgan fingerprint density at radius 2 is 1.59 bits per heavy atom. The summed E-state index contributed by atoms with van der Waals surface area (Å²) in [6.07, 6.45) is 7.38. The average molecular weight is 891 g/mol. The number of carbonyl (C=O) groups is 3. The number of β-amino-alcohol motifs (C(OH)–C–C–N with tert-alkyl or cyclic N) is 1. The summed E-state index contributed by atoms with van der Waals surface area (Å²) in [5, 5.41) is 15.4. The molecule has 5 N–H and O–H groups in total. The van der Waals surface area contributed by atoms with Crippen LogP contribution < -0.4 is 26.0 Å². The molecule has 0 saturated carbocycles. The van der Waals surface area contributed by atoms with E-state index >= 15 is 0 Å². The Kier molecular flexibility index (Phi) is 15.5. The minimum atomic E-state index is -0.656. The van der Waals surface area contributed by atoms with Crippen LogP contribution in [0.1, 0.15) is 95.9 Å². The standard InChI is InChI=1S/C53H62N8O5/c1-37(54)50(41-14-7-5-8-15-41)51-56-45(33-48(57-51)60-28-26-59(27-29-60)30-31-62)42-16-10-13-38(32-42)12-6-3-2-4-9-25-55-34-39-19-21-40(22-20-39)36-66-47-18-11-17-43-44(47)35-61(53(43)65)46-23-24-49(63)58-52(46)64/h5,7-8,10-11,13-22,32-33,46,55,62H,2-4,6,9,12,23-31,34-36,54H2,1H3,(H,58,63,64). The van der Waals surface area contributed by atoms with Crippen molar-refractivity contribution in [3.63, 3.8) is 0 Å². The fourth-order valence-electron chi connectivity index (χ4n) is 9.17. The Hall–Kier alpha value is -6.41. The van der Waals surface area contributed by atoms with E-state index in [0.29, 0.717) is 42.4 Å². The van der Waals surface area contributed by atoms with Crippen LogP contribution in [0.5, 0.6) is 5.75 Å². The molecule has 3 aliphatic rings. The van der Waals surface area contributed by atoms with Crippen molar-refractivity contribution < 1.29 is 24.2 Å². The van der Waals surface area contributed by atoms with Crippen LogP contribution in [0.3, 0.4) is 0 Å². The zero-order chi connectivity index (χ0) is 45.8. The third-order valence-corrected chi connectivity index (χ3v) is 12.8. The van der Waals surface area contributed by atoms with E-state index in [1.807, 2.05) is 31.2 Å². The molecular formula is C53H62N8O5. The molecule has 8 rings (SSSR count). The molecule has 5 aromatic rings. The van der Waals surface area contributed by atoms with Gasteiger partial charge < -0.3 is 30.7 Å². The number of aromatic nitrogens is 2. The van der Waals surface area contributed by atoms with Gasteiger partial charge in [0.05, 0.1) is 18.8 Å². The summed E-state index contributed by atoms with van der Waals surface area (Å²) in [6, 6.07) is 34.2. The first kappa shape index (κ1) is 46.1. The number of piperidine rings is 1. The Balaban J connectivity index is 0.771. The molecule has 0 bridgehead atoms. The largest absolute Gasteiger partial charge is 0.489 e. The van der Waals surface area contributed by atoms with E-state index in [-0.39, 0.29) is 31.4 Å². The number of nitrogens with two attached hydrogens (primary N) is 1. The molecule has 2 fully saturated rings. The van der Waals surface area contributed by atoms with E-state index in [1.54, 1.807) is 17.0 Å². The molecule has 1 aromatic heterocycles. The lowest BCUT2D eigenvalue weighted by molar-refractivity contribution is -0.136. The van der Waals surface area contributed by atoms with E-state index in [0.717, 1.165) is 97.9 Å². The van der Waals surface area contributed by atoms with Gasteiger partial charge in [0.25, 0.3) is 5.91 Å². The molecule has 13 nitrogen and oxygen atoms in total. The van der Waals surface area contributed by atoms with Crippen LogP contribution >= 0.6 is 0 Å². The van der Waals surface area contributed by atoms with E-state index in [9.17, 15) is 19.5 Å². The van der Waals surface area contributed by atoms with Crippen molar-refractivity contribution in [2.45, 2.75) is 84.0 Å². The number of aliphatic hydroxyl groups is 1. The predicted molar refractivity (Wildman–Crippen MR) is 257 cm³/mol. The SMILES string of the molecule is CC(N)=C(c1ccccc1)c1nc(-c2cccc(CCCCCCCNCc3ccc(COc4cccc5c4CN(C4CCC(=O)NC4=O)C5=O)cc3)c2)cc(N2CCN(CCO)CC2)n1. The van der Waals surface area contributed by atoms with Gasteiger partial charge in [-0.3, -0.25) is 24.6 Å². The van der Waals surface area contributed by atoms with E-state index in [1.165, 1.54) is 30.4 Å². The molecule has 4 aromatic carbocycles. The van der Waals surface area contributed by atoms with Crippen LogP contribution in [0.2, 0.25) is 0 Å². The van der Waals surface area contributed by atoms with Gasteiger partial charge in [-0.2, -0.15) is 0 Å². The molecule has 0 radical (unpaired) electrons. The number of nitrogens with zero attached hydrogens (tertiary/aromatic N) is 5. The van der Waals surface area contributed by atoms with Crippen LogP contribution in [0.4, 0.5) is 5.82 Å². The molecule has 0 aliphatic carbocycles. The summed E-state index contributed by atoms with van der Waals surface area (Å²) in [4.78, 5) is 53.7.